The highest BCUT2D eigenvalue weighted by molar-refractivity contribution is 5.75. The van der Waals surface area contributed by atoms with Gasteiger partial charge in [0.25, 0.3) is 0 Å². The van der Waals surface area contributed by atoms with Crippen LogP contribution in [0.25, 0.3) is 0 Å². The van der Waals surface area contributed by atoms with Gasteiger partial charge in [-0.05, 0) is 39.2 Å². The van der Waals surface area contributed by atoms with Gasteiger partial charge in [-0.2, -0.15) is 0 Å². The van der Waals surface area contributed by atoms with Gasteiger partial charge >= 0.3 is 12.1 Å². The quantitative estimate of drug-likeness (QED) is 0.804. The third-order valence-corrected chi connectivity index (χ3v) is 3.20. The molecule has 5 nitrogen and oxygen atoms in total. The molecule has 0 bridgehead atoms. The minimum absolute atomic E-state index is 0.285. The number of amides is 1. The lowest BCUT2D eigenvalue weighted by molar-refractivity contribution is -0.155. The van der Waals surface area contributed by atoms with E-state index in [1.807, 2.05) is 30.3 Å². The van der Waals surface area contributed by atoms with Gasteiger partial charge in [0.05, 0.1) is 5.92 Å². The summed E-state index contributed by atoms with van der Waals surface area (Å²) in [6, 6.07) is 9.78. The molecule has 1 N–H and O–H groups in total. The van der Waals surface area contributed by atoms with Crippen molar-refractivity contribution in [1.82, 2.24) is 5.48 Å². The van der Waals surface area contributed by atoms with Crippen LogP contribution in [0, 0.1) is 5.92 Å². The number of nitrogens with one attached hydrogen (secondary N) is 1. The number of hydroxylamine groups is 1. The van der Waals surface area contributed by atoms with Crippen LogP contribution in [-0.4, -0.2) is 17.7 Å². The van der Waals surface area contributed by atoms with Gasteiger partial charge in [0.1, 0.15) is 5.60 Å². The lowest BCUT2D eigenvalue weighted by atomic mass is 9.94. The van der Waals surface area contributed by atoms with E-state index in [0.29, 0.717) is 6.42 Å². The molecular weight excluding hydrogens is 294 g/mol. The van der Waals surface area contributed by atoms with Gasteiger partial charge in [0.15, 0.2) is 0 Å². The summed E-state index contributed by atoms with van der Waals surface area (Å²) >= 11 is 0. The van der Waals surface area contributed by atoms with Crippen molar-refractivity contribution in [2.24, 2.45) is 5.92 Å². The summed E-state index contributed by atoms with van der Waals surface area (Å²) in [7, 11) is 0. The van der Waals surface area contributed by atoms with Crippen molar-refractivity contribution < 1.29 is 19.2 Å². The summed E-state index contributed by atoms with van der Waals surface area (Å²) in [6.45, 7) is 7.30. The van der Waals surface area contributed by atoms with Crippen LogP contribution >= 0.6 is 0 Å². The molecule has 0 fully saturated rings. The number of rotatable bonds is 6. The maximum Gasteiger partial charge on any atom is 0.441 e. The van der Waals surface area contributed by atoms with Crippen LogP contribution in [0.5, 0.6) is 0 Å². The van der Waals surface area contributed by atoms with Gasteiger partial charge in [-0.15, -0.1) is 5.48 Å². The second kappa shape index (κ2) is 9.18. The normalized spacial score (nSPS) is 12.3. The first kappa shape index (κ1) is 19.0. The molecule has 0 aliphatic carbocycles. The second-order valence-corrected chi connectivity index (χ2v) is 6.55. The van der Waals surface area contributed by atoms with E-state index in [1.54, 1.807) is 20.8 Å². The molecule has 0 radical (unpaired) electrons. The fourth-order valence-electron chi connectivity index (χ4n) is 2.13. The molecule has 0 saturated carbocycles. The van der Waals surface area contributed by atoms with Crippen LogP contribution in [0.3, 0.4) is 0 Å². The molecule has 0 spiro atoms. The number of unbranched alkanes of at least 4 members (excludes halogenated alkanes) is 1. The van der Waals surface area contributed by atoms with Crippen molar-refractivity contribution in [3.05, 3.63) is 35.9 Å². The summed E-state index contributed by atoms with van der Waals surface area (Å²) in [5, 5.41) is 0. The first-order valence-corrected chi connectivity index (χ1v) is 8.05. The zero-order valence-corrected chi connectivity index (χ0v) is 14.4. The Kier molecular flexibility index (Phi) is 7.59. The van der Waals surface area contributed by atoms with Crippen molar-refractivity contribution in [2.45, 2.75) is 59.0 Å². The van der Waals surface area contributed by atoms with Crippen molar-refractivity contribution in [1.29, 1.82) is 0 Å². The molecule has 128 valence electrons. The lowest BCUT2D eigenvalue weighted by Crippen LogP contribution is -2.36. The average Bonchev–Trinajstić information content (AvgIpc) is 2.48. The van der Waals surface area contributed by atoms with E-state index < -0.39 is 17.7 Å². The van der Waals surface area contributed by atoms with Crippen LogP contribution < -0.4 is 5.48 Å². The van der Waals surface area contributed by atoms with E-state index in [9.17, 15) is 9.59 Å². The average molecular weight is 321 g/mol. The molecule has 1 rings (SSSR count). The molecule has 0 aliphatic rings. The monoisotopic (exact) mass is 321 g/mol. The molecule has 0 aromatic heterocycles. The van der Waals surface area contributed by atoms with E-state index in [1.165, 1.54) is 0 Å². The standard InChI is InChI=1S/C18H27NO4/c1-5-6-12-15(13-14-10-8-7-9-11-14)16(20)23-19-17(21)22-18(2,3)4/h7-11,15H,5-6,12-13H2,1-4H3,(H,19,21). The number of carbonyl (C=O) groups is 2. The van der Waals surface area contributed by atoms with Crippen LogP contribution in [0.2, 0.25) is 0 Å². The number of carbonyl (C=O) groups excluding carboxylic acids is 2. The van der Waals surface area contributed by atoms with Gasteiger partial charge in [-0.1, -0.05) is 50.1 Å². The van der Waals surface area contributed by atoms with E-state index in [2.05, 4.69) is 12.4 Å². The molecule has 0 heterocycles. The van der Waals surface area contributed by atoms with E-state index in [0.717, 1.165) is 24.8 Å². The second-order valence-electron chi connectivity index (χ2n) is 6.55. The van der Waals surface area contributed by atoms with Gasteiger partial charge in [-0.3, -0.25) is 0 Å². The third kappa shape index (κ3) is 8.24. The highest BCUT2D eigenvalue weighted by Gasteiger charge is 2.23. The minimum Gasteiger partial charge on any atom is -0.442 e. The minimum atomic E-state index is -0.764. The summed E-state index contributed by atoms with van der Waals surface area (Å²) in [5.74, 6) is -0.722. The Bertz CT molecular complexity index is 493. The summed E-state index contributed by atoms with van der Waals surface area (Å²) in [6.07, 6.45) is 2.48. The largest absolute Gasteiger partial charge is 0.442 e. The lowest BCUT2D eigenvalue weighted by Gasteiger charge is -2.20. The zero-order valence-electron chi connectivity index (χ0n) is 14.4. The van der Waals surface area contributed by atoms with E-state index in [4.69, 9.17) is 9.57 Å². The molecule has 1 atom stereocenters. The van der Waals surface area contributed by atoms with Crippen LogP contribution in [0.4, 0.5) is 4.79 Å². The van der Waals surface area contributed by atoms with Crippen molar-refractivity contribution >= 4 is 12.1 Å². The van der Waals surface area contributed by atoms with Crippen molar-refractivity contribution in [2.75, 3.05) is 0 Å². The summed E-state index contributed by atoms with van der Waals surface area (Å²) < 4.78 is 5.04. The molecule has 23 heavy (non-hydrogen) atoms. The Hall–Kier alpha value is -2.04. The fourth-order valence-corrected chi connectivity index (χ4v) is 2.13. The summed E-state index contributed by atoms with van der Waals surface area (Å²) in [4.78, 5) is 28.7. The Labute approximate surface area is 138 Å². The predicted molar refractivity (Wildman–Crippen MR) is 88.6 cm³/mol. The third-order valence-electron chi connectivity index (χ3n) is 3.20. The number of hydrogen-bond donors (Lipinski definition) is 1. The Morgan fingerprint density at radius 1 is 1.17 bits per heavy atom. The molecule has 1 aromatic rings. The van der Waals surface area contributed by atoms with Gasteiger partial charge in [0, 0.05) is 0 Å². The smallest absolute Gasteiger partial charge is 0.441 e. The Morgan fingerprint density at radius 3 is 2.39 bits per heavy atom. The Morgan fingerprint density at radius 2 is 1.83 bits per heavy atom. The van der Waals surface area contributed by atoms with Crippen LogP contribution in [-0.2, 0) is 20.8 Å². The molecule has 0 saturated heterocycles. The first-order valence-electron chi connectivity index (χ1n) is 8.05. The number of benzene rings is 1. The zero-order chi connectivity index (χ0) is 17.3. The van der Waals surface area contributed by atoms with E-state index in [-0.39, 0.29) is 5.92 Å². The number of ether oxygens (including phenoxy) is 1. The summed E-state index contributed by atoms with van der Waals surface area (Å²) in [5.41, 5.74) is 2.51. The molecule has 1 unspecified atom stereocenters. The molecule has 1 amide bonds. The van der Waals surface area contributed by atoms with Crippen molar-refractivity contribution in [3.8, 4) is 0 Å². The van der Waals surface area contributed by atoms with Crippen LogP contribution in [0.15, 0.2) is 30.3 Å². The van der Waals surface area contributed by atoms with Crippen LogP contribution in [0.1, 0.15) is 52.5 Å². The SMILES string of the molecule is CCCCC(Cc1ccccc1)C(=O)ONC(=O)OC(C)(C)C. The Balaban J connectivity index is 2.56. The van der Waals surface area contributed by atoms with Gasteiger partial charge in [0.2, 0.25) is 0 Å². The highest BCUT2D eigenvalue weighted by Crippen LogP contribution is 2.17. The molecular formula is C18H27NO4. The molecule has 5 heteroatoms. The molecule has 0 aliphatic heterocycles. The molecule has 1 aromatic carbocycles. The van der Waals surface area contributed by atoms with Crippen molar-refractivity contribution in [3.63, 3.8) is 0 Å². The predicted octanol–water partition coefficient (Wildman–Crippen LogP) is 4.02. The van der Waals surface area contributed by atoms with Gasteiger partial charge in [-0.25, -0.2) is 9.59 Å². The first-order chi connectivity index (χ1) is 10.8. The maximum absolute atomic E-state index is 12.2. The highest BCUT2D eigenvalue weighted by atomic mass is 16.7. The topological polar surface area (TPSA) is 64.6 Å². The maximum atomic E-state index is 12.2. The number of hydrogen-bond acceptors (Lipinski definition) is 4. The van der Waals surface area contributed by atoms with Gasteiger partial charge < -0.3 is 9.57 Å². The fraction of sp³-hybridized carbons (Fsp3) is 0.556. The van der Waals surface area contributed by atoms with E-state index >= 15 is 0 Å².